The Morgan fingerprint density at radius 2 is 0.763 bits per heavy atom. The maximum atomic E-state index is 15.5. The van der Waals surface area contributed by atoms with Gasteiger partial charge in [0.15, 0.2) is 0 Å². The van der Waals surface area contributed by atoms with E-state index in [0.29, 0.717) is 34.8 Å². The molecule has 6 aliphatic rings. The molecule has 0 bridgehead atoms. The van der Waals surface area contributed by atoms with Crippen molar-refractivity contribution < 1.29 is 9.59 Å². The maximum absolute atomic E-state index is 15.5. The van der Waals surface area contributed by atoms with E-state index in [0.717, 1.165) is 94.0 Å². The monoisotopic (exact) mass is 1140 g/mol. The Hall–Kier alpha value is -4.26. The van der Waals surface area contributed by atoms with Gasteiger partial charge in [-0.1, -0.05) is 215 Å². The highest BCUT2D eigenvalue weighted by Gasteiger charge is 2.53. The van der Waals surface area contributed by atoms with Crippen molar-refractivity contribution in [3.63, 3.8) is 0 Å². The summed E-state index contributed by atoms with van der Waals surface area (Å²) in [5.41, 5.74) is 17.4. The predicted molar refractivity (Wildman–Crippen MR) is 327 cm³/mol. The fraction of sp³-hybridized carbons (Fsp3) is 0.514. The van der Waals surface area contributed by atoms with E-state index in [1.54, 1.807) is 0 Å². The molecule has 76 heavy (non-hydrogen) atoms. The van der Waals surface area contributed by atoms with Gasteiger partial charge in [-0.2, -0.15) is 0 Å². The van der Waals surface area contributed by atoms with Gasteiger partial charge in [-0.15, -0.1) is 0 Å². The van der Waals surface area contributed by atoms with Crippen molar-refractivity contribution in [2.45, 2.75) is 207 Å². The summed E-state index contributed by atoms with van der Waals surface area (Å²) in [7, 11) is 0. The van der Waals surface area contributed by atoms with Crippen LogP contribution in [-0.4, -0.2) is 21.6 Å². The summed E-state index contributed by atoms with van der Waals surface area (Å²) in [5.74, 6) is 2.12. The number of fused-ring (bicyclic) bond motifs is 13. The van der Waals surface area contributed by atoms with Gasteiger partial charge in [0, 0.05) is 43.3 Å². The molecule has 4 aliphatic heterocycles. The van der Waals surface area contributed by atoms with Crippen molar-refractivity contribution in [2.75, 3.05) is 0 Å². The highest BCUT2D eigenvalue weighted by Crippen LogP contribution is 2.62. The Morgan fingerprint density at radius 3 is 1.12 bits per heavy atom. The second-order valence-electron chi connectivity index (χ2n) is 24.1. The third-order valence-electron chi connectivity index (χ3n) is 19.6. The average molecular weight is 1150 g/mol. The lowest BCUT2D eigenvalue weighted by Gasteiger charge is -2.39. The summed E-state index contributed by atoms with van der Waals surface area (Å²) in [6, 6.07) is 23.8. The first kappa shape index (κ1) is 55.1. The van der Waals surface area contributed by atoms with Crippen LogP contribution in [0.5, 0.6) is 0 Å². The Kier molecular flexibility index (Phi) is 16.8. The zero-order chi connectivity index (χ0) is 53.5. The summed E-state index contributed by atoms with van der Waals surface area (Å²) in [4.78, 5) is 34.8. The third-order valence-corrected chi connectivity index (χ3v) is 20.6. The van der Waals surface area contributed by atoms with E-state index in [1.807, 2.05) is 22.2 Å². The highest BCUT2D eigenvalue weighted by atomic mass is 79.9. The van der Waals surface area contributed by atoms with Crippen molar-refractivity contribution in [1.29, 1.82) is 0 Å². The van der Waals surface area contributed by atoms with Crippen LogP contribution in [0.15, 0.2) is 93.2 Å². The number of nitrogens with zero attached hydrogens (tertiary/aromatic N) is 2. The number of unbranched alkanes of at least 4 members (excludes halogenated alkanes) is 6. The normalized spacial score (nSPS) is 20.8. The minimum atomic E-state index is -0.204. The number of carbonyl (C=O) groups excluding carboxylic acids is 2. The molecule has 0 N–H and O–H groups in total. The first-order valence-corrected chi connectivity index (χ1v) is 32.0. The van der Waals surface area contributed by atoms with Gasteiger partial charge < -0.3 is 0 Å². The van der Waals surface area contributed by atoms with Crippen LogP contribution in [-0.2, 0) is 20.4 Å². The summed E-state index contributed by atoms with van der Waals surface area (Å²) in [6.07, 6.45) is 34.5. The SMILES string of the molecule is CCCCCCC(CC)CC1(CC(CC)CCCC)c2cc(Br)ccc2-c2cc3c(cc21)C1=C2C(=O)N4C=Cc5cc6c(cc5C4=C2C(=O)N1C=C3)C(CC(CC)CCCC)(CC(CC)CCCC)c1cc(Br)ccc1-6. The smallest absolute Gasteiger partial charge is 0.265 e. The molecule has 2 aliphatic carbocycles. The molecule has 5 unspecified atom stereocenters. The molecule has 5 atom stereocenters. The molecular formula is C70H86Br2N2O2. The lowest BCUT2D eigenvalue weighted by Crippen LogP contribution is -2.32. The van der Waals surface area contributed by atoms with Crippen LogP contribution >= 0.6 is 31.9 Å². The van der Waals surface area contributed by atoms with Crippen molar-refractivity contribution >= 4 is 67.2 Å². The number of amides is 2. The van der Waals surface area contributed by atoms with Gasteiger partial charge in [0.25, 0.3) is 11.8 Å². The maximum Gasteiger partial charge on any atom is 0.265 e. The molecule has 0 saturated heterocycles. The molecule has 0 radical (unpaired) electrons. The third kappa shape index (κ3) is 9.55. The largest absolute Gasteiger partial charge is 0.282 e. The Balaban J connectivity index is 1.16. The van der Waals surface area contributed by atoms with E-state index >= 15 is 9.59 Å². The summed E-state index contributed by atoms with van der Waals surface area (Å²) >= 11 is 7.94. The molecule has 10 rings (SSSR count). The van der Waals surface area contributed by atoms with Gasteiger partial charge in [-0.25, -0.2) is 0 Å². The number of rotatable bonds is 26. The Morgan fingerprint density at radius 1 is 0.408 bits per heavy atom. The van der Waals surface area contributed by atoms with Crippen LogP contribution in [0, 0.1) is 23.7 Å². The van der Waals surface area contributed by atoms with Gasteiger partial charge in [0.05, 0.1) is 22.5 Å². The average Bonchev–Trinajstić information content (AvgIpc) is 4.07. The van der Waals surface area contributed by atoms with Crippen LogP contribution in [0.4, 0.5) is 0 Å². The van der Waals surface area contributed by atoms with Gasteiger partial charge in [0.2, 0.25) is 0 Å². The molecule has 6 heteroatoms. The standard InChI is InChI=1S/C70H86Br2N2O2/c1-9-17-21-22-26-48(16-8)44-70(43-47(15-7)25-20-12-4)60-38-52(72)28-30-54(60)58-36-50-32-34-74-66(56(50)40-62(58)70)64-63(67(74)75)65-55-39-61-57(35-49(55)31-33-73(65)68(64)76)53-29-27-51(71)37-59(53)69(61,41-45(13-5)23-18-10-2)42-46(14-6)24-19-11-3/h27-40,45-48H,9-26,41-44H2,1-8H3. The molecule has 0 fully saturated rings. The number of hydrogen-bond donors (Lipinski definition) is 0. The number of benzene rings is 4. The number of carbonyl (C=O) groups is 2. The van der Waals surface area contributed by atoms with E-state index < -0.39 is 0 Å². The Labute approximate surface area is 474 Å². The lowest BCUT2D eigenvalue weighted by atomic mass is 9.65. The van der Waals surface area contributed by atoms with E-state index in [9.17, 15) is 0 Å². The van der Waals surface area contributed by atoms with Crippen molar-refractivity contribution in [3.8, 4) is 22.3 Å². The minimum Gasteiger partial charge on any atom is -0.282 e. The van der Waals surface area contributed by atoms with Crippen LogP contribution in [0.3, 0.4) is 0 Å². The number of hydrogen-bond acceptors (Lipinski definition) is 2. The van der Waals surface area contributed by atoms with Crippen molar-refractivity contribution in [2.24, 2.45) is 23.7 Å². The van der Waals surface area contributed by atoms with E-state index in [1.165, 1.54) is 134 Å². The molecular weight excluding hydrogens is 1060 g/mol. The van der Waals surface area contributed by atoms with E-state index in [-0.39, 0.29) is 22.6 Å². The molecule has 0 spiro atoms. The van der Waals surface area contributed by atoms with Gasteiger partial charge in [0.1, 0.15) is 0 Å². The second kappa shape index (κ2) is 23.2. The summed E-state index contributed by atoms with van der Waals surface area (Å²) in [5, 5.41) is 0. The fourth-order valence-electron chi connectivity index (χ4n) is 15.4. The highest BCUT2D eigenvalue weighted by molar-refractivity contribution is 9.10. The lowest BCUT2D eigenvalue weighted by molar-refractivity contribution is -0.122. The predicted octanol–water partition coefficient (Wildman–Crippen LogP) is 20.7. The minimum absolute atomic E-state index is 0.100. The fourth-order valence-corrected chi connectivity index (χ4v) is 16.1. The first-order valence-electron chi connectivity index (χ1n) is 30.4. The molecule has 4 aromatic rings. The van der Waals surface area contributed by atoms with Gasteiger partial charge >= 0.3 is 0 Å². The molecule has 0 aromatic heterocycles. The zero-order valence-electron chi connectivity index (χ0n) is 47.4. The summed E-state index contributed by atoms with van der Waals surface area (Å²) in [6.45, 7) is 18.9. The van der Waals surface area contributed by atoms with Crippen LogP contribution in [0.25, 0.3) is 45.8 Å². The first-order chi connectivity index (χ1) is 36.9. The molecule has 402 valence electrons. The molecule has 4 heterocycles. The van der Waals surface area contributed by atoms with Gasteiger partial charge in [-0.3, -0.25) is 19.4 Å². The van der Waals surface area contributed by atoms with Gasteiger partial charge in [-0.05, 0) is 166 Å². The molecule has 2 amide bonds. The van der Waals surface area contributed by atoms with Crippen LogP contribution in [0.2, 0.25) is 0 Å². The van der Waals surface area contributed by atoms with Crippen LogP contribution < -0.4 is 0 Å². The Bertz CT molecular complexity index is 2990. The topological polar surface area (TPSA) is 40.6 Å². The molecule has 4 nitrogen and oxygen atoms in total. The quantitative estimate of drug-likeness (QED) is 0.0588. The van der Waals surface area contributed by atoms with E-state index in [4.69, 9.17) is 0 Å². The molecule has 0 saturated carbocycles. The molecule has 4 aromatic carbocycles. The second-order valence-corrected chi connectivity index (χ2v) is 26.0. The zero-order valence-corrected chi connectivity index (χ0v) is 50.6. The van der Waals surface area contributed by atoms with Crippen molar-refractivity contribution in [3.05, 3.63) is 138 Å². The summed E-state index contributed by atoms with van der Waals surface area (Å²) < 4.78 is 2.25. The van der Waals surface area contributed by atoms with Crippen LogP contribution in [0.1, 0.15) is 241 Å². The van der Waals surface area contributed by atoms with E-state index in [2.05, 4.69) is 160 Å². The number of halogens is 2. The van der Waals surface area contributed by atoms with Crippen molar-refractivity contribution in [1.82, 2.24) is 9.80 Å².